The Morgan fingerprint density at radius 2 is 2.08 bits per heavy atom. The first kappa shape index (κ1) is 16.6. The molecule has 2 heterocycles. The molecule has 5 heteroatoms. The van der Waals surface area contributed by atoms with Crippen molar-refractivity contribution in [1.82, 2.24) is 10.2 Å². The van der Waals surface area contributed by atoms with Crippen molar-refractivity contribution in [3.05, 3.63) is 51.2 Å². The number of hydrogen-bond acceptors (Lipinski definition) is 4. The van der Waals surface area contributed by atoms with E-state index in [1.165, 1.54) is 23.3 Å². The average Bonchev–Trinajstić information content (AvgIpc) is 3.28. The van der Waals surface area contributed by atoms with Gasteiger partial charge in [-0.1, -0.05) is 19.1 Å². The molecule has 4 nitrogen and oxygen atoms in total. The van der Waals surface area contributed by atoms with Crippen LogP contribution in [0.4, 0.5) is 0 Å². The molecule has 1 aromatic heterocycles. The molecule has 0 saturated heterocycles. The number of fused-ring (bicyclic) bond motifs is 1. The second-order valence-electron chi connectivity index (χ2n) is 6.87. The minimum Gasteiger partial charge on any atom is -0.494 e. The Hall–Kier alpha value is -1.85. The lowest BCUT2D eigenvalue weighted by atomic mass is 10.2. The summed E-state index contributed by atoms with van der Waals surface area (Å²) in [4.78, 5) is 17.2. The number of rotatable bonds is 7. The predicted octanol–water partition coefficient (Wildman–Crippen LogP) is 3.94. The number of carbonyl (C=O) groups is 1. The fourth-order valence-electron chi connectivity index (χ4n) is 3.20. The van der Waals surface area contributed by atoms with Crippen molar-refractivity contribution < 1.29 is 9.53 Å². The molecule has 1 aromatic carbocycles. The van der Waals surface area contributed by atoms with Crippen LogP contribution < -0.4 is 10.1 Å². The van der Waals surface area contributed by atoms with Crippen LogP contribution in [0.15, 0.2) is 30.3 Å². The zero-order valence-electron chi connectivity index (χ0n) is 14.6. The van der Waals surface area contributed by atoms with Crippen molar-refractivity contribution >= 4 is 17.2 Å². The Bertz CT molecular complexity index is 726. The maximum absolute atomic E-state index is 12.4. The Morgan fingerprint density at radius 1 is 1.28 bits per heavy atom. The van der Waals surface area contributed by atoms with Crippen molar-refractivity contribution in [3.8, 4) is 5.75 Å². The van der Waals surface area contributed by atoms with E-state index < -0.39 is 0 Å². The largest absolute Gasteiger partial charge is 0.494 e. The highest BCUT2D eigenvalue weighted by Crippen LogP contribution is 2.38. The lowest BCUT2D eigenvalue weighted by Gasteiger charge is -2.12. The number of benzene rings is 1. The first-order valence-electron chi connectivity index (χ1n) is 9.08. The molecule has 25 heavy (non-hydrogen) atoms. The number of nitrogens with zero attached hydrogens (tertiary/aromatic N) is 1. The zero-order chi connectivity index (χ0) is 17.2. The summed E-state index contributed by atoms with van der Waals surface area (Å²) in [6.07, 6.45) is 3.68. The van der Waals surface area contributed by atoms with E-state index in [0.717, 1.165) is 48.3 Å². The molecule has 0 atom stereocenters. The molecule has 1 aliphatic heterocycles. The highest BCUT2D eigenvalue weighted by Gasteiger charge is 2.34. The summed E-state index contributed by atoms with van der Waals surface area (Å²) >= 11 is 1.65. The molecule has 0 unspecified atom stereocenters. The van der Waals surface area contributed by atoms with E-state index in [-0.39, 0.29) is 5.91 Å². The third-order valence-corrected chi connectivity index (χ3v) is 5.91. The van der Waals surface area contributed by atoms with Crippen LogP contribution in [0.3, 0.4) is 0 Å². The van der Waals surface area contributed by atoms with E-state index in [0.29, 0.717) is 6.54 Å². The van der Waals surface area contributed by atoms with Gasteiger partial charge < -0.3 is 10.1 Å². The predicted molar refractivity (Wildman–Crippen MR) is 100.0 cm³/mol. The van der Waals surface area contributed by atoms with Crippen LogP contribution in [0.25, 0.3) is 0 Å². The maximum atomic E-state index is 12.4. The number of carbonyl (C=O) groups excluding carboxylic acids is 1. The van der Waals surface area contributed by atoms with E-state index in [9.17, 15) is 4.79 Å². The number of nitrogens with one attached hydrogen (secondary N) is 1. The Labute approximate surface area is 152 Å². The topological polar surface area (TPSA) is 41.6 Å². The number of thiophene rings is 1. The molecule has 0 spiro atoms. The number of hydrogen-bond donors (Lipinski definition) is 1. The van der Waals surface area contributed by atoms with Gasteiger partial charge in [0.1, 0.15) is 5.75 Å². The molecule has 0 bridgehead atoms. The van der Waals surface area contributed by atoms with Gasteiger partial charge in [0.2, 0.25) is 0 Å². The number of amides is 1. The monoisotopic (exact) mass is 356 g/mol. The summed E-state index contributed by atoms with van der Waals surface area (Å²) < 4.78 is 5.58. The summed E-state index contributed by atoms with van der Waals surface area (Å²) in [5.41, 5.74) is 2.43. The van der Waals surface area contributed by atoms with Crippen molar-refractivity contribution in [2.45, 2.75) is 51.9 Å². The molecular formula is C20H24N2O2S. The second-order valence-corrected chi connectivity index (χ2v) is 8.01. The molecule has 1 amide bonds. The van der Waals surface area contributed by atoms with Crippen molar-refractivity contribution in [2.75, 3.05) is 6.61 Å². The highest BCUT2D eigenvalue weighted by atomic mass is 32.1. The van der Waals surface area contributed by atoms with Crippen molar-refractivity contribution in [2.24, 2.45) is 0 Å². The summed E-state index contributed by atoms with van der Waals surface area (Å²) in [6.45, 7) is 5.41. The third-order valence-electron chi connectivity index (χ3n) is 4.75. The Kier molecular flexibility index (Phi) is 4.77. The summed E-state index contributed by atoms with van der Waals surface area (Å²) in [6, 6.07) is 10.8. The molecule has 0 radical (unpaired) electrons. The smallest absolute Gasteiger partial charge is 0.261 e. The van der Waals surface area contributed by atoms with Crippen LogP contribution >= 0.6 is 11.3 Å². The highest BCUT2D eigenvalue weighted by molar-refractivity contribution is 7.14. The lowest BCUT2D eigenvalue weighted by molar-refractivity contribution is 0.0955. The zero-order valence-corrected chi connectivity index (χ0v) is 15.4. The van der Waals surface area contributed by atoms with E-state index >= 15 is 0 Å². The standard InChI is InChI=1S/C20H24N2O2S/c1-2-9-24-17-7-3-14(4-8-17)11-21-20(23)18-10-15-12-22(16-5-6-16)13-19(15)25-18/h3-4,7-8,10,16H,2,5-6,9,11-13H2,1H3,(H,21,23). The molecule has 4 rings (SSSR count). The van der Waals surface area contributed by atoms with Gasteiger partial charge in [0.05, 0.1) is 11.5 Å². The van der Waals surface area contributed by atoms with Crippen molar-refractivity contribution in [3.63, 3.8) is 0 Å². The van der Waals surface area contributed by atoms with E-state index in [4.69, 9.17) is 4.74 Å². The molecule has 1 N–H and O–H groups in total. The molecule has 1 fully saturated rings. The third kappa shape index (κ3) is 3.88. The van der Waals surface area contributed by atoms with Gasteiger partial charge >= 0.3 is 0 Å². The average molecular weight is 356 g/mol. The SMILES string of the molecule is CCCOc1ccc(CNC(=O)c2cc3c(s2)CN(C2CC2)C3)cc1. The quantitative estimate of drug-likeness (QED) is 0.817. The van der Waals surface area contributed by atoms with E-state index in [1.54, 1.807) is 11.3 Å². The first-order chi connectivity index (χ1) is 12.2. The fourth-order valence-corrected chi connectivity index (χ4v) is 4.31. The molecule has 2 aromatic rings. The summed E-state index contributed by atoms with van der Waals surface area (Å²) in [5.74, 6) is 0.913. The normalized spacial score (nSPS) is 16.7. The van der Waals surface area contributed by atoms with Crippen LogP contribution in [0.2, 0.25) is 0 Å². The lowest BCUT2D eigenvalue weighted by Crippen LogP contribution is -2.22. The summed E-state index contributed by atoms with van der Waals surface area (Å²) in [7, 11) is 0. The van der Waals surface area contributed by atoms with Gasteiger partial charge in [0, 0.05) is 30.6 Å². The van der Waals surface area contributed by atoms with Gasteiger partial charge in [-0.15, -0.1) is 11.3 Å². The van der Waals surface area contributed by atoms with Gasteiger partial charge in [-0.3, -0.25) is 9.69 Å². The minimum atomic E-state index is 0.0312. The molecule has 132 valence electrons. The minimum absolute atomic E-state index is 0.0312. The first-order valence-corrected chi connectivity index (χ1v) is 9.90. The van der Waals surface area contributed by atoms with Gasteiger partial charge in [-0.05, 0) is 48.6 Å². The van der Waals surface area contributed by atoms with Gasteiger partial charge in [-0.2, -0.15) is 0 Å². The Morgan fingerprint density at radius 3 is 2.76 bits per heavy atom. The Balaban J connectivity index is 1.30. The van der Waals surface area contributed by atoms with Gasteiger partial charge in [0.15, 0.2) is 0 Å². The van der Waals surface area contributed by atoms with Gasteiger partial charge in [0.25, 0.3) is 5.91 Å². The van der Waals surface area contributed by atoms with Crippen LogP contribution in [-0.4, -0.2) is 23.5 Å². The molecular weight excluding hydrogens is 332 g/mol. The van der Waals surface area contributed by atoms with E-state index in [2.05, 4.69) is 23.2 Å². The second kappa shape index (κ2) is 7.18. The van der Waals surface area contributed by atoms with Gasteiger partial charge in [-0.25, -0.2) is 0 Å². The maximum Gasteiger partial charge on any atom is 0.261 e. The van der Waals surface area contributed by atoms with Crippen LogP contribution in [0.5, 0.6) is 5.75 Å². The molecule has 1 aliphatic carbocycles. The fraction of sp³-hybridized carbons (Fsp3) is 0.450. The summed E-state index contributed by atoms with van der Waals surface area (Å²) in [5, 5.41) is 3.03. The molecule has 2 aliphatic rings. The van der Waals surface area contributed by atoms with Crippen molar-refractivity contribution in [1.29, 1.82) is 0 Å². The van der Waals surface area contributed by atoms with Crippen LogP contribution in [0, 0.1) is 0 Å². The molecule has 1 saturated carbocycles. The van der Waals surface area contributed by atoms with Crippen LogP contribution in [-0.2, 0) is 19.6 Å². The number of ether oxygens (including phenoxy) is 1. The van der Waals surface area contributed by atoms with E-state index in [1.807, 2.05) is 24.3 Å². The van der Waals surface area contributed by atoms with Crippen LogP contribution in [0.1, 0.15) is 51.9 Å².